The fourth-order valence-corrected chi connectivity index (χ4v) is 2.47. The second-order valence-corrected chi connectivity index (χ2v) is 5.17. The molecule has 0 unspecified atom stereocenters. The van der Waals surface area contributed by atoms with Crippen molar-refractivity contribution < 1.29 is 38.3 Å². The van der Waals surface area contributed by atoms with Crippen molar-refractivity contribution >= 4 is 29.3 Å². The molecule has 11 heteroatoms. The maximum absolute atomic E-state index is 12.3. The molecule has 1 aromatic carbocycles. The Morgan fingerprint density at radius 3 is 2.26 bits per heavy atom. The van der Waals surface area contributed by atoms with Crippen LogP contribution in [0.5, 0.6) is 0 Å². The zero-order valence-electron chi connectivity index (χ0n) is 14.7. The van der Waals surface area contributed by atoms with E-state index in [0.29, 0.717) is 0 Å². The average Bonchev–Trinajstić information content (AvgIpc) is 2.70. The molecule has 0 aromatic heterocycles. The van der Waals surface area contributed by atoms with Crippen LogP contribution < -0.4 is 4.90 Å². The van der Waals surface area contributed by atoms with Crippen LogP contribution >= 0.6 is 0 Å². The van der Waals surface area contributed by atoms with E-state index in [1.54, 1.807) is 0 Å². The standard InChI is InChI=1S/C16H16N2O9/c1-24-14(19)10-5-4-9(18(22)23)6-12(10)17-8-27-7-11(15(20)25-2)13(17)16(21)26-3/h4-6H,7-8H2,1-3H3. The number of carbonyl (C=O) groups excluding carboxylic acids is 3. The summed E-state index contributed by atoms with van der Waals surface area (Å²) in [5.74, 6) is -2.54. The van der Waals surface area contributed by atoms with Crippen LogP contribution in [-0.4, -0.2) is 57.5 Å². The summed E-state index contributed by atoms with van der Waals surface area (Å²) in [5, 5.41) is 11.1. The fourth-order valence-electron chi connectivity index (χ4n) is 2.47. The largest absolute Gasteiger partial charge is 0.466 e. The second kappa shape index (κ2) is 8.27. The number of nitro benzene ring substituents is 1. The van der Waals surface area contributed by atoms with Gasteiger partial charge in [-0.05, 0) is 6.07 Å². The van der Waals surface area contributed by atoms with Crippen LogP contribution in [0.2, 0.25) is 0 Å². The third-order valence-electron chi connectivity index (χ3n) is 3.72. The predicted octanol–water partition coefficient (Wildman–Crippen LogP) is 0.776. The number of benzene rings is 1. The molecule has 0 N–H and O–H groups in total. The van der Waals surface area contributed by atoms with E-state index in [1.165, 1.54) is 6.07 Å². The van der Waals surface area contributed by atoms with E-state index in [4.69, 9.17) is 9.47 Å². The first-order valence-electron chi connectivity index (χ1n) is 7.47. The Morgan fingerprint density at radius 1 is 1.07 bits per heavy atom. The van der Waals surface area contributed by atoms with E-state index >= 15 is 0 Å². The number of non-ortho nitro benzene ring substituents is 1. The number of esters is 3. The lowest BCUT2D eigenvalue weighted by Gasteiger charge is -2.32. The Labute approximate surface area is 153 Å². The average molecular weight is 380 g/mol. The molecule has 0 atom stereocenters. The molecule has 1 aliphatic rings. The molecule has 2 rings (SSSR count). The maximum atomic E-state index is 12.3. The van der Waals surface area contributed by atoms with E-state index in [2.05, 4.69) is 9.47 Å². The molecule has 144 valence electrons. The van der Waals surface area contributed by atoms with Gasteiger partial charge < -0.3 is 23.8 Å². The molecular weight excluding hydrogens is 364 g/mol. The second-order valence-electron chi connectivity index (χ2n) is 5.17. The number of hydrogen-bond acceptors (Lipinski definition) is 10. The van der Waals surface area contributed by atoms with E-state index < -0.39 is 22.8 Å². The summed E-state index contributed by atoms with van der Waals surface area (Å²) in [6, 6.07) is 3.36. The minimum atomic E-state index is -0.902. The van der Waals surface area contributed by atoms with Crippen molar-refractivity contribution in [3.8, 4) is 0 Å². The number of carbonyl (C=O) groups is 3. The van der Waals surface area contributed by atoms with E-state index in [9.17, 15) is 24.5 Å². The fraction of sp³-hybridized carbons (Fsp3) is 0.312. The number of hydrogen-bond donors (Lipinski definition) is 0. The van der Waals surface area contributed by atoms with Crippen LogP contribution in [0.15, 0.2) is 29.5 Å². The van der Waals surface area contributed by atoms with Gasteiger partial charge in [-0.3, -0.25) is 10.1 Å². The van der Waals surface area contributed by atoms with Gasteiger partial charge in [0.25, 0.3) is 5.69 Å². The maximum Gasteiger partial charge on any atom is 0.355 e. The molecule has 11 nitrogen and oxygen atoms in total. The molecule has 0 saturated carbocycles. The van der Waals surface area contributed by atoms with Crippen LogP contribution in [0, 0.1) is 10.1 Å². The van der Waals surface area contributed by atoms with Gasteiger partial charge in [0.2, 0.25) is 0 Å². The zero-order valence-corrected chi connectivity index (χ0v) is 14.7. The zero-order chi connectivity index (χ0) is 20.1. The predicted molar refractivity (Wildman–Crippen MR) is 88.8 cm³/mol. The SMILES string of the molecule is COC(=O)C1=C(C(=O)OC)N(c2cc([N+](=O)[O-])ccc2C(=O)OC)COC1. The molecule has 1 heterocycles. The smallest absolute Gasteiger partial charge is 0.355 e. The van der Waals surface area contributed by atoms with E-state index in [0.717, 1.165) is 38.4 Å². The molecule has 0 saturated heterocycles. The van der Waals surface area contributed by atoms with Gasteiger partial charge in [-0.15, -0.1) is 0 Å². The molecule has 1 aliphatic heterocycles. The van der Waals surface area contributed by atoms with Gasteiger partial charge in [0.05, 0.1) is 49.7 Å². The third kappa shape index (κ3) is 3.87. The van der Waals surface area contributed by atoms with Gasteiger partial charge in [-0.2, -0.15) is 0 Å². The van der Waals surface area contributed by atoms with Crippen LogP contribution in [-0.2, 0) is 28.5 Å². The van der Waals surface area contributed by atoms with Crippen LogP contribution in [0.4, 0.5) is 11.4 Å². The Morgan fingerprint density at radius 2 is 1.70 bits per heavy atom. The summed E-state index contributed by atoms with van der Waals surface area (Å²) in [7, 11) is 3.36. The van der Waals surface area contributed by atoms with Crippen LogP contribution in [0.1, 0.15) is 10.4 Å². The Kier molecular flexibility index (Phi) is 6.08. The lowest BCUT2D eigenvalue weighted by Crippen LogP contribution is -2.39. The molecular formula is C16H16N2O9. The van der Waals surface area contributed by atoms with Gasteiger partial charge in [0.15, 0.2) is 0 Å². The minimum absolute atomic E-state index is 0.0578. The summed E-state index contributed by atoms with van der Waals surface area (Å²) in [4.78, 5) is 48.0. The number of nitrogens with zero attached hydrogens (tertiary/aromatic N) is 2. The summed E-state index contributed by atoms with van der Waals surface area (Å²) < 4.78 is 19.4. The highest BCUT2D eigenvalue weighted by Crippen LogP contribution is 2.32. The lowest BCUT2D eigenvalue weighted by molar-refractivity contribution is -0.384. The van der Waals surface area contributed by atoms with Crippen molar-refractivity contribution in [3.05, 3.63) is 45.1 Å². The number of ether oxygens (including phenoxy) is 4. The summed E-state index contributed by atoms with van der Waals surface area (Å²) >= 11 is 0. The Balaban J connectivity index is 2.74. The number of anilines is 1. The Bertz CT molecular complexity index is 831. The first-order valence-corrected chi connectivity index (χ1v) is 7.47. The summed E-state index contributed by atoms with van der Waals surface area (Å²) in [6.45, 7) is -0.508. The highest BCUT2D eigenvalue weighted by molar-refractivity contribution is 6.05. The molecule has 0 spiro atoms. The molecule has 1 aromatic rings. The minimum Gasteiger partial charge on any atom is -0.466 e. The monoisotopic (exact) mass is 380 g/mol. The van der Waals surface area contributed by atoms with Crippen molar-refractivity contribution in [3.63, 3.8) is 0 Å². The van der Waals surface area contributed by atoms with Gasteiger partial charge in [-0.1, -0.05) is 0 Å². The Hall–Kier alpha value is -3.47. The van der Waals surface area contributed by atoms with Crippen molar-refractivity contribution in [2.45, 2.75) is 0 Å². The lowest BCUT2D eigenvalue weighted by atomic mass is 10.1. The molecule has 27 heavy (non-hydrogen) atoms. The first kappa shape index (κ1) is 19.8. The van der Waals surface area contributed by atoms with E-state index in [1.807, 2.05) is 0 Å². The highest BCUT2D eigenvalue weighted by Gasteiger charge is 2.35. The molecule has 0 bridgehead atoms. The third-order valence-corrected chi connectivity index (χ3v) is 3.72. The molecule has 0 amide bonds. The van der Waals surface area contributed by atoms with Gasteiger partial charge in [0.1, 0.15) is 12.4 Å². The van der Waals surface area contributed by atoms with Crippen LogP contribution in [0.25, 0.3) is 0 Å². The summed E-state index contributed by atoms with van der Waals surface area (Å²) in [5.41, 5.74) is -0.872. The first-order chi connectivity index (χ1) is 12.8. The topological polar surface area (TPSA) is 135 Å². The van der Waals surface area contributed by atoms with Gasteiger partial charge in [-0.25, -0.2) is 14.4 Å². The molecule has 0 fully saturated rings. The van der Waals surface area contributed by atoms with Crippen molar-refractivity contribution in [1.82, 2.24) is 0 Å². The van der Waals surface area contributed by atoms with Crippen molar-refractivity contribution in [1.29, 1.82) is 0 Å². The number of nitro groups is 1. The summed E-state index contributed by atoms with van der Waals surface area (Å²) in [6.07, 6.45) is 0. The van der Waals surface area contributed by atoms with E-state index in [-0.39, 0.29) is 41.5 Å². The van der Waals surface area contributed by atoms with Crippen LogP contribution in [0.3, 0.4) is 0 Å². The number of rotatable bonds is 5. The van der Waals surface area contributed by atoms with Crippen molar-refractivity contribution in [2.75, 3.05) is 39.6 Å². The highest BCUT2D eigenvalue weighted by atomic mass is 16.6. The normalized spacial score (nSPS) is 13.8. The number of methoxy groups -OCH3 is 3. The molecule has 0 radical (unpaired) electrons. The van der Waals surface area contributed by atoms with Gasteiger partial charge in [0, 0.05) is 12.1 Å². The quantitative estimate of drug-likeness (QED) is 0.312. The van der Waals surface area contributed by atoms with Crippen molar-refractivity contribution in [2.24, 2.45) is 0 Å². The van der Waals surface area contributed by atoms with Gasteiger partial charge >= 0.3 is 17.9 Å². The molecule has 0 aliphatic carbocycles.